The second kappa shape index (κ2) is 7.95. The molecule has 0 unspecified atom stereocenters. The first-order valence-electron chi connectivity index (χ1n) is 9.98. The Morgan fingerprint density at radius 2 is 2.06 bits per heavy atom. The minimum atomic E-state index is -0.0260. The maximum Gasteiger partial charge on any atom is 0.229 e. The van der Waals surface area contributed by atoms with Crippen molar-refractivity contribution in [2.75, 3.05) is 16.8 Å². The van der Waals surface area contributed by atoms with Crippen molar-refractivity contribution in [2.24, 2.45) is 0 Å². The van der Waals surface area contributed by atoms with Crippen LogP contribution in [0.2, 0.25) is 5.15 Å². The van der Waals surface area contributed by atoms with E-state index in [0.29, 0.717) is 28.4 Å². The van der Waals surface area contributed by atoms with E-state index >= 15 is 0 Å². The molecular formula is C20H20ClN9O. The lowest BCUT2D eigenvalue weighted by Gasteiger charge is -2.39. The first-order chi connectivity index (χ1) is 15.1. The zero-order valence-corrected chi connectivity index (χ0v) is 17.8. The van der Waals surface area contributed by atoms with Crippen molar-refractivity contribution in [3.8, 4) is 11.4 Å². The molecule has 1 aliphatic heterocycles. The number of H-pyrrole nitrogens is 1. The molecule has 0 radical (unpaired) electrons. The fourth-order valence-corrected chi connectivity index (χ4v) is 3.71. The predicted molar refractivity (Wildman–Crippen MR) is 115 cm³/mol. The number of nitrogens with zero attached hydrogens (tertiary/aromatic N) is 7. The fourth-order valence-electron chi connectivity index (χ4n) is 3.53. The Morgan fingerprint density at radius 3 is 2.81 bits per heavy atom. The highest BCUT2D eigenvalue weighted by Gasteiger charge is 2.35. The maximum absolute atomic E-state index is 6.26. The Bertz CT molecular complexity index is 1220. The van der Waals surface area contributed by atoms with E-state index in [1.54, 1.807) is 18.5 Å². The molecule has 1 aliphatic rings. The standard InChI is InChI=1S/C20H20ClN9O/c1-3-12-19(23-6-5-22-12)13-9-15(31-29-13)14-4-7-30(14)20-24-16(21)10-17(26-20)25-18-8-11(2)27-28-18/h5-6,8-10,14H,3-4,7H2,1-2H3,(H2,24,25,26,27,28)/t14-/m0/s1. The summed E-state index contributed by atoms with van der Waals surface area (Å²) in [5, 5.41) is 14.8. The van der Waals surface area contributed by atoms with Crippen LogP contribution in [0.25, 0.3) is 11.4 Å². The molecule has 0 aliphatic carbocycles. The Balaban J connectivity index is 1.39. The molecule has 5 rings (SSSR count). The van der Waals surface area contributed by atoms with Crippen molar-refractivity contribution in [3.63, 3.8) is 0 Å². The van der Waals surface area contributed by atoms with Gasteiger partial charge in [-0.15, -0.1) is 0 Å². The number of aromatic nitrogens is 7. The maximum atomic E-state index is 6.26. The Hall–Kier alpha value is -3.53. The van der Waals surface area contributed by atoms with Gasteiger partial charge in [-0.2, -0.15) is 10.1 Å². The molecule has 1 atom stereocenters. The number of hydrogen-bond acceptors (Lipinski definition) is 9. The number of anilines is 3. The van der Waals surface area contributed by atoms with Crippen LogP contribution in [0.4, 0.5) is 17.6 Å². The normalized spacial score (nSPS) is 15.7. The van der Waals surface area contributed by atoms with Crippen LogP contribution in [0.5, 0.6) is 0 Å². The summed E-state index contributed by atoms with van der Waals surface area (Å²) in [4.78, 5) is 19.8. The first kappa shape index (κ1) is 19.4. The first-order valence-corrected chi connectivity index (χ1v) is 10.4. The van der Waals surface area contributed by atoms with Gasteiger partial charge in [0.05, 0.1) is 11.7 Å². The monoisotopic (exact) mass is 437 g/mol. The van der Waals surface area contributed by atoms with Gasteiger partial charge < -0.3 is 14.7 Å². The van der Waals surface area contributed by atoms with Crippen molar-refractivity contribution in [2.45, 2.75) is 32.7 Å². The highest BCUT2D eigenvalue weighted by Crippen LogP contribution is 2.38. The molecule has 4 aromatic heterocycles. The van der Waals surface area contributed by atoms with Gasteiger partial charge >= 0.3 is 0 Å². The summed E-state index contributed by atoms with van der Waals surface area (Å²) < 4.78 is 5.66. The number of hydrogen-bond donors (Lipinski definition) is 2. The van der Waals surface area contributed by atoms with Gasteiger partial charge in [-0.1, -0.05) is 23.7 Å². The van der Waals surface area contributed by atoms with Gasteiger partial charge in [0.15, 0.2) is 11.6 Å². The minimum Gasteiger partial charge on any atom is -0.358 e. The van der Waals surface area contributed by atoms with E-state index in [1.165, 1.54) is 0 Å². The highest BCUT2D eigenvalue weighted by molar-refractivity contribution is 6.29. The van der Waals surface area contributed by atoms with Gasteiger partial charge in [0.1, 0.15) is 22.4 Å². The number of aromatic amines is 1. The average Bonchev–Trinajstić information content (AvgIpc) is 3.36. The topological polar surface area (TPSA) is 122 Å². The van der Waals surface area contributed by atoms with Gasteiger partial charge in [0.25, 0.3) is 0 Å². The molecule has 158 valence electrons. The van der Waals surface area contributed by atoms with Crippen LogP contribution >= 0.6 is 11.6 Å². The SMILES string of the molecule is CCc1nccnc1-c1cc([C@@H]2CCN2c2nc(Cl)cc(Nc3cc(C)[nH]n3)n2)on1. The molecule has 31 heavy (non-hydrogen) atoms. The molecule has 10 nitrogen and oxygen atoms in total. The Kier molecular flexibility index (Phi) is 4.99. The van der Waals surface area contributed by atoms with E-state index in [-0.39, 0.29) is 6.04 Å². The molecule has 0 bridgehead atoms. The summed E-state index contributed by atoms with van der Waals surface area (Å²) >= 11 is 6.26. The van der Waals surface area contributed by atoms with Crippen LogP contribution in [-0.4, -0.2) is 41.8 Å². The summed E-state index contributed by atoms with van der Waals surface area (Å²) in [5.41, 5.74) is 3.25. The van der Waals surface area contributed by atoms with Gasteiger partial charge in [-0.25, -0.2) is 4.98 Å². The van der Waals surface area contributed by atoms with E-state index in [4.69, 9.17) is 16.1 Å². The fraction of sp³-hybridized carbons (Fsp3) is 0.300. The second-order valence-corrected chi connectivity index (χ2v) is 7.64. The number of halogens is 1. The zero-order valence-electron chi connectivity index (χ0n) is 17.0. The van der Waals surface area contributed by atoms with E-state index in [1.807, 2.05) is 30.9 Å². The molecule has 0 spiro atoms. The van der Waals surface area contributed by atoms with Crippen molar-refractivity contribution in [1.29, 1.82) is 0 Å². The zero-order chi connectivity index (χ0) is 21.4. The molecule has 0 saturated carbocycles. The molecular weight excluding hydrogens is 418 g/mol. The molecule has 0 amide bonds. The second-order valence-electron chi connectivity index (χ2n) is 7.25. The smallest absolute Gasteiger partial charge is 0.229 e. The van der Waals surface area contributed by atoms with Crippen LogP contribution in [0.15, 0.2) is 35.1 Å². The third-order valence-electron chi connectivity index (χ3n) is 5.13. The number of aryl methyl sites for hydroxylation is 2. The largest absolute Gasteiger partial charge is 0.358 e. The van der Waals surface area contributed by atoms with Crippen molar-refractivity contribution in [3.05, 3.63) is 52.9 Å². The molecule has 5 heterocycles. The lowest BCUT2D eigenvalue weighted by Crippen LogP contribution is -2.42. The van der Waals surface area contributed by atoms with Gasteiger partial charge in [0.2, 0.25) is 5.95 Å². The number of nitrogens with one attached hydrogen (secondary N) is 2. The molecule has 2 N–H and O–H groups in total. The third-order valence-corrected chi connectivity index (χ3v) is 5.32. The van der Waals surface area contributed by atoms with Crippen molar-refractivity contribution >= 4 is 29.2 Å². The van der Waals surface area contributed by atoms with E-state index in [9.17, 15) is 0 Å². The van der Waals surface area contributed by atoms with Crippen LogP contribution in [0.1, 0.15) is 36.5 Å². The summed E-state index contributed by atoms with van der Waals surface area (Å²) in [6, 6.07) is 5.43. The summed E-state index contributed by atoms with van der Waals surface area (Å²) in [6.45, 7) is 4.75. The predicted octanol–water partition coefficient (Wildman–Crippen LogP) is 3.86. The highest BCUT2D eigenvalue weighted by atomic mass is 35.5. The summed E-state index contributed by atoms with van der Waals surface area (Å²) in [6.07, 6.45) is 5.01. The van der Waals surface area contributed by atoms with Crippen molar-refractivity contribution < 1.29 is 4.52 Å². The lowest BCUT2D eigenvalue weighted by atomic mass is 10.0. The van der Waals surface area contributed by atoms with Crippen LogP contribution in [-0.2, 0) is 6.42 Å². The van der Waals surface area contributed by atoms with E-state index in [0.717, 1.165) is 42.2 Å². The summed E-state index contributed by atoms with van der Waals surface area (Å²) in [5.74, 6) is 2.48. The number of rotatable bonds is 6. The molecule has 1 saturated heterocycles. The van der Waals surface area contributed by atoms with Crippen molar-refractivity contribution in [1.82, 2.24) is 35.3 Å². The molecule has 1 fully saturated rings. The third kappa shape index (κ3) is 3.81. The van der Waals surface area contributed by atoms with Crippen LogP contribution in [0, 0.1) is 6.92 Å². The van der Waals surface area contributed by atoms with Gasteiger partial charge in [-0.05, 0) is 19.8 Å². The molecule has 11 heteroatoms. The van der Waals surface area contributed by atoms with Crippen LogP contribution in [0.3, 0.4) is 0 Å². The van der Waals surface area contributed by atoms with E-state index < -0.39 is 0 Å². The minimum absolute atomic E-state index is 0.0260. The molecule has 0 aromatic carbocycles. The van der Waals surface area contributed by atoms with Gasteiger partial charge in [-0.3, -0.25) is 15.1 Å². The van der Waals surface area contributed by atoms with Crippen LogP contribution < -0.4 is 10.2 Å². The lowest BCUT2D eigenvalue weighted by molar-refractivity contribution is 0.315. The van der Waals surface area contributed by atoms with Gasteiger partial charge in [0, 0.05) is 42.8 Å². The Morgan fingerprint density at radius 1 is 1.19 bits per heavy atom. The average molecular weight is 438 g/mol. The summed E-state index contributed by atoms with van der Waals surface area (Å²) in [7, 11) is 0. The van der Waals surface area contributed by atoms with E-state index in [2.05, 4.69) is 40.6 Å². The Labute approximate surface area is 183 Å². The quantitative estimate of drug-likeness (QED) is 0.433. The molecule has 4 aromatic rings.